The van der Waals surface area contributed by atoms with Gasteiger partial charge < -0.3 is 15.5 Å². The molecule has 1 aliphatic heterocycles. The average molecular weight is 297 g/mol. The molecule has 0 saturated heterocycles. The third-order valence-corrected chi connectivity index (χ3v) is 4.62. The Labute approximate surface area is 134 Å². The molecule has 3 heteroatoms. The van der Waals surface area contributed by atoms with Gasteiger partial charge in [-0.05, 0) is 44.4 Å². The van der Waals surface area contributed by atoms with Crippen LogP contribution in [0.2, 0.25) is 0 Å². The second-order valence-electron chi connectivity index (χ2n) is 6.39. The van der Waals surface area contributed by atoms with Gasteiger partial charge in [-0.15, -0.1) is 0 Å². The first-order valence-electron chi connectivity index (χ1n) is 8.35. The largest absolute Gasteiger partial charge is 0.375 e. The van der Waals surface area contributed by atoms with Crippen molar-refractivity contribution in [3.8, 4) is 0 Å². The van der Waals surface area contributed by atoms with Crippen LogP contribution >= 0.6 is 0 Å². The zero-order valence-electron chi connectivity index (χ0n) is 13.9. The molecule has 0 atom stereocenters. The number of allylic oxidation sites excluding steroid dienone is 1. The molecule has 0 radical (unpaired) electrons. The van der Waals surface area contributed by atoms with E-state index < -0.39 is 0 Å². The van der Waals surface area contributed by atoms with Gasteiger partial charge in [-0.2, -0.15) is 0 Å². The first-order chi connectivity index (χ1) is 10.7. The number of anilines is 1. The zero-order valence-corrected chi connectivity index (χ0v) is 13.9. The summed E-state index contributed by atoms with van der Waals surface area (Å²) in [5, 5.41) is 7.15. The minimum atomic E-state index is 0.764. The summed E-state index contributed by atoms with van der Waals surface area (Å²) in [6.07, 6.45) is 6.01. The molecule has 22 heavy (non-hydrogen) atoms. The third-order valence-electron chi connectivity index (χ3n) is 4.62. The van der Waals surface area contributed by atoms with Gasteiger partial charge in [0.25, 0.3) is 0 Å². The molecule has 3 nitrogen and oxygen atoms in total. The van der Waals surface area contributed by atoms with Crippen molar-refractivity contribution >= 4 is 5.69 Å². The van der Waals surface area contributed by atoms with E-state index in [1.165, 1.54) is 41.1 Å². The minimum absolute atomic E-state index is 0.764. The fourth-order valence-corrected chi connectivity index (χ4v) is 3.20. The van der Waals surface area contributed by atoms with Crippen molar-refractivity contribution in [1.82, 2.24) is 10.2 Å². The molecule has 0 spiro atoms. The van der Waals surface area contributed by atoms with Crippen LogP contribution in [-0.2, 0) is 0 Å². The SMILES string of the molecule is C/C=C(\Nc1cccc(C)c1)C1=C(N(C)C2CC2)CCNC1. The van der Waals surface area contributed by atoms with E-state index in [-0.39, 0.29) is 0 Å². The average Bonchev–Trinajstić information content (AvgIpc) is 3.37. The van der Waals surface area contributed by atoms with Crippen LogP contribution in [0, 0.1) is 6.92 Å². The summed E-state index contributed by atoms with van der Waals surface area (Å²) in [7, 11) is 2.26. The molecular formula is C19H27N3. The van der Waals surface area contributed by atoms with Crippen LogP contribution < -0.4 is 10.6 Å². The summed E-state index contributed by atoms with van der Waals surface area (Å²) in [6.45, 7) is 6.28. The van der Waals surface area contributed by atoms with Crippen LogP contribution in [0.15, 0.2) is 47.3 Å². The van der Waals surface area contributed by atoms with Gasteiger partial charge >= 0.3 is 0 Å². The summed E-state index contributed by atoms with van der Waals surface area (Å²) in [5.74, 6) is 0. The van der Waals surface area contributed by atoms with E-state index in [4.69, 9.17) is 0 Å². The van der Waals surface area contributed by atoms with Crippen molar-refractivity contribution in [2.75, 3.05) is 25.5 Å². The van der Waals surface area contributed by atoms with Gasteiger partial charge in [-0.1, -0.05) is 18.2 Å². The van der Waals surface area contributed by atoms with Crippen molar-refractivity contribution in [2.45, 2.75) is 39.2 Å². The highest BCUT2D eigenvalue weighted by molar-refractivity contribution is 5.55. The Morgan fingerprint density at radius 3 is 2.86 bits per heavy atom. The standard InChI is InChI=1S/C19H27N3/c1-4-18(21-15-7-5-6-14(2)12-15)17-13-20-11-10-19(17)22(3)16-8-9-16/h4-7,12,16,20-21H,8-11,13H2,1-3H3/b18-4-. The number of hydrogen-bond donors (Lipinski definition) is 2. The fraction of sp³-hybridized carbons (Fsp3) is 0.474. The van der Waals surface area contributed by atoms with Crippen LogP contribution in [0.25, 0.3) is 0 Å². The second-order valence-corrected chi connectivity index (χ2v) is 6.39. The summed E-state index contributed by atoms with van der Waals surface area (Å²) in [4.78, 5) is 2.51. The third kappa shape index (κ3) is 3.36. The van der Waals surface area contributed by atoms with Gasteiger partial charge in [0.05, 0.1) is 0 Å². The number of aryl methyl sites for hydroxylation is 1. The molecule has 1 heterocycles. The maximum atomic E-state index is 3.62. The second kappa shape index (κ2) is 6.57. The van der Waals surface area contributed by atoms with Gasteiger partial charge in [-0.25, -0.2) is 0 Å². The lowest BCUT2D eigenvalue weighted by molar-refractivity contribution is 0.375. The number of nitrogens with one attached hydrogen (secondary N) is 2. The Morgan fingerprint density at radius 2 is 2.18 bits per heavy atom. The molecular weight excluding hydrogens is 270 g/mol. The van der Waals surface area contributed by atoms with Crippen molar-refractivity contribution in [3.63, 3.8) is 0 Å². The van der Waals surface area contributed by atoms with E-state index in [0.717, 1.165) is 25.6 Å². The molecule has 0 aromatic heterocycles. The Morgan fingerprint density at radius 1 is 1.36 bits per heavy atom. The van der Waals surface area contributed by atoms with Gasteiger partial charge in [0.2, 0.25) is 0 Å². The normalized spacial score (nSPS) is 19.3. The quantitative estimate of drug-likeness (QED) is 0.868. The summed E-state index contributed by atoms with van der Waals surface area (Å²) in [6, 6.07) is 9.34. The molecule has 118 valence electrons. The number of hydrogen-bond acceptors (Lipinski definition) is 3. The molecule has 1 aromatic rings. The number of nitrogens with zero attached hydrogens (tertiary/aromatic N) is 1. The molecule has 3 rings (SSSR count). The molecule has 0 amide bonds. The van der Waals surface area contributed by atoms with E-state index in [9.17, 15) is 0 Å². The topological polar surface area (TPSA) is 27.3 Å². The van der Waals surface area contributed by atoms with E-state index in [2.05, 4.69) is 66.8 Å². The van der Waals surface area contributed by atoms with Crippen molar-refractivity contribution in [1.29, 1.82) is 0 Å². The van der Waals surface area contributed by atoms with Crippen LogP contribution in [0.5, 0.6) is 0 Å². The Kier molecular flexibility index (Phi) is 4.53. The van der Waals surface area contributed by atoms with Crippen molar-refractivity contribution < 1.29 is 0 Å². The maximum absolute atomic E-state index is 3.62. The van der Waals surface area contributed by atoms with Gasteiger partial charge in [0.15, 0.2) is 0 Å². The molecule has 1 aliphatic carbocycles. The minimum Gasteiger partial charge on any atom is -0.375 e. The molecule has 1 saturated carbocycles. The molecule has 1 fully saturated rings. The predicted molar refractivity (Wildman–Crippen MR) is 93.9 cm³/mol. The first-order valence-corrected chi connectivity index (χ1v) is 8.35. The fourth-order valence-electron chi connectivity index (χ4n) is 3.20. The van der Waals surface area contributed by atoms with Crippen LogP contribution in [0.4, 0.5) is 5.69 Å². The lowest BCUT2D eigenvalue weighted by atomic mass is 10.0. The van der Waals surface area contributed by atoms with E-state index in [1.807, 2.05) is 0 Å². The Bertz CT molecular complexity index is 596. The van der Waals surface area contributed by atoms with Crippen molar-refractivity contribution in [3.05, 3.63) is 52.9 Å². The molecule has 1 aromatic carbocycles. The van der Waals surface area contributed by atoms with E-state index in [1.54, 1.807) is 0 Å². The summed E-state index contributed by atoms with van der Waals surface area (Å²) < 4.78 is 0. The first kappa shape index (κ1) is 15.2. The molecule has 0 unspecified atom stereocenters. The highest BCUT2D eigenvalue weighted by atomic mass is 15.2. The molecule has 2 aliphatic rings. The maximum Gasteiger partial charge on any atom is 0.0404 e. The Hall–Kier alpha value is -1.74. The van der Waals surface area contributed by atoms with Crippen LogP contribution in [0.1, 0.15) is 31.7 Å². The van der Waals surface area contributed by atoms with Gasteiger partial charge in [0.1, 0.15) is 0 Å². The molecule has 0 bridgehead atoms. The van der Waals surface area contributed by atoms with Gasteiger partial charge in [0, 0.05) is 55.3 Å². The lowest BCUT2D eigenvalue weighted by Gasteiger charge is -2.31. The van der Waals surface area contributed by atoms with E-state index in [0.29, 0.717) is 0 Å². The van der Waals surface area contributed by atoms with Gasteiger partial charge in [-0.3, -0.25) is 0 Å². The highest BCUT2D eigenvalue weighted by Crippen LogP contribution is 2.33. The number of benzene rings is 1. The van der Waals surface area contributed by atoms with Crippen LogP contribution in [-0.4, -0.2) is 31.1 Å². The highest BCUT2D eigenvalue weighted by Gasteiger charge is 2.30. The Balaban J connectivity index is 1.86. The summed E-state index contributed by atoms with van der Waals surface area (Å²) >= 11 is 0. The summed E-state index contributed by atoms with van der Waals surface area (Å²) in [5.41, 5.74) is 6.62. The smallest absolute Gasteiger partial charge is 0.0404 e. The zero-order chi connectivity index (χ0) is 15.5. The monoisotopic (exact) mass is 297 g/mol. The van der Waals surface area contributed by atoms with Crippen LogP contribution in [0.3, 0.4) is 0 Å². The van der Waals surface area contributed by atoms with E-state index >= 15 is 0 Å². The number of rotatable bonds is 5. The van der Waals surface area contributed by atoms with Crippen molar-refractivity contribution in [2.24, 2.45) is 0 Å². The predicted octanol–water partition coefficient (Wildman–Crippen LogP) is 3.65. The molecule has 2 N–H and O–H groups in total. The lowest BCUT2D eigenvalue weighted by Crippen LogP contribution is -2.34.